The number of piperidine rings is 1. The van der Waals surface area contributed by atoms with Crippen molar-refractivity contribution in [3.05, 3.63) is 28.3 Å². The van der Waals surface area contributed by atoms with Crippen molar-refractivity contribution in [3.8, 4) is 5.75 Å². The first-order valence-electron chi connectivity index (χ1n) is 6.46. The number of amides is 1. The molecule has 0 saturated carbocycles. The molecular weight excluding hydrogens is 298 g/mol. The van der Waals surface area contributed by atoms with E-state index in [0.717, 1.165) is 19.4 Å². The molecule has 1 fully saturated rings. The molecule has 8 heteroatoms. The highest BCUT2D eigenvalue weighted by atomic mass is 35.5. The maximum Gasteiger partial charge on any atom is 0.312 e. The molecule has 1 unspecified atom stereocenters. The Labute approximate surface area is 128 Å². The van der Waals surface area contributed by atoms with Gasteiger partial charge in [-0.3, -0.25) is 14.9 Å². The van der Waals surface area contributed by atoms with Gasteiger partial charge in [0.15, 0.2) is 5.75 Å². The molecule has 0 aliphatic carbocycles. The fourth-order valence-electron chi connectivity index (χ4n) is 2.23. The van der Waals surface area contributed by atoms with Gasteiger partial charge in [-0.05, 0) is 31.5 Å². The van der Waals surface area contributed by atoms with Crippen molar-refractivity contribution < 1.29 is 14.5 Å². The molecule has 0 bridgehead atoms. The number of benzene rings is 1. The zero-order valence-electron chi connectivity index (χ0n) is 11.6. The van der Waals surface area contributed by atoms with Crippen molar-refractivity contribution in [3.63, 3.8) is 0 Å². The van der Waals surface area contributed by atoms with Crippen LogP contribution in [0.15, 0.2) is 18.2 Å². The Hall–Kier alpha value is -1.86. The lowest BCUT2D eigenvalue weighted by atomic mass is 9.99. The smallest absolute Gasteiger partial charge is 0.312 e. The van der Waals surface area contributed by atoms with Gasteiger partial charge in [-0.2, -0.15) is 0 Å². The van der Waals surface area contributed by atoms with Crippen LogP contribution >= 0.6 is 12.4 Å². The summed E-state index contributed by atoms with van der Waals surface area (Å²) in [7, 11) is 1.37. The lowest BCUT2D eigenvalue weighted by Crippen LogP contribution is -2.37. The number of nitrogens with one attached hydrogen (secondary N) is 2. The van der Waals surface area contributed by atoms with Crippen LogP contribution in [-0.2, 0) is 4.79 Å². The van der Waals surface area contributed by atoms with Crippen LogP contribution in [0.5, 0.6) is 5.75 Å². The van der Waals surface area contributed by atoms with E-state index >= 15 is 0 Å². The highest BCUT2D eigenvalue weighted by Gasteiger charge is 2.22. The molecule has 7 nitrogen and oxygen atoms in total. The molecule has 1 saturated heterocycles. The average molecular weight is 316 g/mol. The Morgan fingerprint density at radius 2 is 2.29 bits per heavy atom. The molecule has 1 amide bonds. The minimum absolute atomic E-state index is 0. The Morgan fingerprint density at radius 3 is 2.86 bits per heavy atom. The van der Waals surface area contributed by atoms with Gasteiger partial charge in [0.05, 0.1) is 18.0 Å². The first-order chi connectivity index (χ1) is 9.61. The lowest BCUT2D eigenvalue weighted by molar-refractivity contribution is -0.385. The summed E-state index contributed by atoms with van der Waals surface area (Å²) in [6.45, 7) is 1.57. The molecule has 1 heterocycles. The van der Waals surface area contributed by atoms with Gasteiger partial charge in [-0.25, -0.2) is 0 Å². The van der Waals surface area contributed by atoms with E-state index in [4.69, 9.17) is 4.74 Å². The SMILES string of the molecule is COc1ccc(NC(=O)C2CCCNC2)cc1[N+](=O)[O-].Cl. The number of nitro benzene ring substituents is 1. The van der Waals surface area contributed by atoms with E-state index in [-0.39, 0.29) is 35.7 Å². The van der Waals surface area contributed by atoms with Gasteiger partial charge >= 0.3 is 5.69 Å². The van der Waals surface area contributed by atoms with E-state index < -0.39 is 4.92 Å². The standard InChI is InChI=1S/C13H17N3O4.ClH/c1-20-12-5-4-10(7-11(12)16(18)19)15-13(17)9-3-2-6-14-8-9;/h4-5,7,9,14H,2-3,6,8H2,1H3,(H,15,17);1H. The van der Waals surface area contributed by atoms with Crippen molar-refractivity contribution >= 4 is 29.7 Å². The van der Waals surface area contributed by atoms with Crippen LogP contribution in [0.25, 0.3) is 0 Å². The van der Waals surface area contributed by atoms with Crippen LogP contribution in [0.2, 0.25) is 0 Å². The quantitative estimate of drug-likeness (QED) is 0.654. The van der Waals surface area contributed by atoms with E-state index in [1.807, 2.05) is 0 Å². The summed E-state index contributed by atoms with van der Waals surface area (Å²) in [5.41, 5.74) is 0.250. The number of carbonyl (C=O) groups is 1. The summed E-state index contributed by atoms with van der Waals surface area (Å²) in [4.78, 5) is 22.4. The highest BCUT2D eigenvalue weighted by molar-refractivity contribution is 5.93. The summed E-state index contributed by atoms with van der Waals surface area (Å²) in [5.74, 6) is -0.0334. The number of nitro groups is 1. The number of anilines is 1. The molecule has 0 radical (unpaired) electrons. The summed E-state index contributed by atoms with van der Waals surface area (Å²) in [6, 6.07) is 4.39. The molecule has 21 heavy (non-hydrogen) atoms. The maximum atomic E-state index is 12.1. The molecule has 116 valence electrons. The van der Waals surface area contributed by atoms with E-state index in [9.17, 15) is 14.9 Å². The predicted molar refractivity (Wildman–Crippen MR) is 81.1 cm³/mol. The second kappa shape index (κ2) is 7.80. The number of carbonyl (C=O) groups excluding carboxylic acids is 1. The van der Waals surface area contributed by atoms with Crippen LogP contribution in [0.3, 0.4) is 0 Å². The molecule has 1 aromatic rings. The second-order valence-corrected chi connectivity index (χ2v) is 4.68. The predicted octanol–water partition coefficient (Wildman–Crippen LogP) is 1.96. The first-order valence-corrected chi connectivity index (χ1v) is 6.46. The van der Waals surface area contributed by atoms with E-state index in [1.54, 1.807) is 6.07 Å². The number of hydrogen-bond acceptors (Lipinski definition) is 5. The van der Waals surface area contributed by atoms with Gasteiger partial charge in [0, 0.05) is 18.3 Å². The Bertz CT molecular complexity index is 518. The third-order valence-electron chi connectivity index (χ3n) is 3.31. The zero-order valence-corrected chi connectivity index (χ0v) is 12.4. The Balaban J connectivity index is 0.00000220. The largest absolute Gasteiger partial charge is 0.490 e. The van der Waals surface area contributed by atoms with Gasteiger partial charge in [0.25, 0.3) is 0 Å². The maximum absolute atomic E-state index is 12.1. The van der Waals surface area contributed by atoms with Gasteiger partial charge in [0.2, 0.25) is 5.91 Å². The molecule has 1 aliphatic rings. The highest BCUT2D eigenvalue weighted by Crippen LogP contribution is 2.30. The molecule has 2 N–H and O–H groups in total. The number of halogens is 1. The number of hydrogen-bond donors (Lipinski definition) is 2. The number of methoxy groups -OCH3 is 1. The first kappa shape index (κ1) is 17.2. The molecule has 0 aromatic heterocycles. The van der Waals surface area contributed by atoms with Crippen molar-refractivity contribution in [1.29, 1.82) is 0 Å². The molecule has 1 aliphatic heterocycles. The molecular formula is C13H18ClN3O4. The van der Waals surface area contributed by atoms with Gasteiger partial charge in [-0.15, -0.1) is 12.4 Å². The normalized spacial score (nSPS) is 17.5. The van der Waals surface area contributed by atoms with Crippen molar-refractivity contribution in [1.82, 2.24) is 5.32 Å². The minimum atomic E-state index is -0.531. The van der Waals surface area contributed by atoms with Gasteiger partial charge in [-0.1, -0.05) is 0 Å². The summed E-state index contributed by atoms with van der Waals surface area (Å²) in [6.07, 6.45) is 1.79. The molecule has 1 aromatic carbocycles. The van der Waals surface area contributed by atoms with Crippen molar-refractivity contribution in [2.24, 2.45) is 5.92 Å². The second-order valence-electron chi connectivity index (χ2n) is 4.68. The Morgan fingerprint density at radius 1 is 1.52 bits per heavy atom. The number of nitrogens with zero attached hydrogens (tertiary/aromatic N) is 1. The lowest BCUT2D eigenvalue weighted by Gasteiger charge is -2.21. The van der Waals surface area contributed by atoms with Gasteiger partial charge < -0.3 is 15.4 Å². The fourth-order valence-corrected chi connectivity index (χ4v) is 2.23. The minimum Gasteiger partial charge on any atom is -0.490 e. The van der Waals surface area contributed by atoms with E-state index in [2.05, 4.69) is 10.6 Å². The van der Waals surface area contributed by atoms with Crippen molar-refractivity contribution in [2.45, 2.75) is 12.8 Å². The van der Waals surface area contributed by atoms with Crippen LogP contribution in [0.4, 0.5) is 11.4 Å². The third-order valence-corrected chi connectivity index (χ3v) is 3.31. The topological polar surface area (TPSA) is 93.5 Å². The summed E-state index contributed by atoms with van der Waals surface area (Å²) < 4.78 is 4.92. The van der Waals surface area contributed by atoms with Crippen LogP contribution in [-0.4, -0.2) is 31.0 Å². The van der Waals surface area contributed by atoms with Crippen LogP contribution in [0, 0.1) is 16.0 Å². The Kier molecular flexibility index (Phi) is 6.39. The molecule has 0 spiro atoms. The van der Waals surface area contributed by atoms with Crippen LogP contribution in [0.1, 0.15) is 12.8 Å². The van der Waals surface area contributed by atoms with E-state index in [0.29, 0.717) is 12.2 Å². The fraction of sp³-hybridized carbons (Fsp3) is 0.462. The van der Waals surface area contributed by atoms with Crippen molar-refractivity contribution in [2.75, 3.05) is 25.5 Å². The van der Waals surface area contributed by atoms with Gasteiger partial charge in [0.1, 0.15) is 0 Å². The molecule has 2 rings (SSSR count). The monoisotopic (exact) mass is 315 g/mol. The summed E-state index contributed by atoms with van der Waals surface area (Å²) >= 11 is 0. The third kappa shape index (κ3) is 4.30. The summed E-state index contributed by atoms with van der Waals surface area (Å²) in [5, 5.41) is 16.8. The number of rotatable bonds is 4. The molecule has 1 atom stereocenters. The van der Waals surface area contributed by atoms with E-state index in [1.165, 1.54) is 19.2 Å². The number of ether oxygens (including phenoxy) is 1. The van der Waals surface area contributed by atoms with Crippen LogP contribution < -0.4 is 15.4 Å². The zero-order chi connectivity index (χ0) is 14.5. The average Bonchev–Trinajstić information content (AvgIpc) is 2.48.